The van der Waals surface area contributed by atoms with E-state index in [1.807, 2.05) is 11.8 Å². The highest BCUT2D eigenvalue weighted by Gasteiger charge is 2.29. The van der Waals surface area contributed by atoms with Gasteiger partial charge in [0.25, 0.3) is 5.91 Å². The Labute approximate surface area is 140 Å². The van der Waals surface area contributed by atoms with Crippen LogP contribution in [0.2, 0.25) is 0 Å². The lowest BCUT2D eigenvalue weighted by Gasteiger charge is -2.26. The molecule has 0 atom stereocenters. The van der Waals surface area contributed by atoms with Gasteiger partial charge in [-0.2, -0.15) is 0 Å². The Morgan fingerprint density at radius 3 is 2.70 bits per heavy atom. The summed E-state index contributed by atoms with van der Waals surface area (Å²) in [6.45, 7) is 7.04. The third kappa shape index (κ3) is 3.58. The van der Waals surface area contributed by atoms with Crippen molar-refractivity contribution in [3.05, 3.63) is 29.2 Å². The van der Waals surface area contributed by atoms with Crippen LogP contribution in [0.3, 0.4) is 0 Å². The number of hydrogen-bond donors (Lipinski definition) is 0. The highest BCUT2D eigenvalue weighted by molar-refractivity contribution is 7.16. The zero-order chi connectivity index (χ0) is 16.4. The van der Waals surface area contributed by atoms with Gasteiger partial charge in [0.1, 0.15) is 15.6 Å². The second-order valence-corrected chi connectivity index (χ2v) is 7.26. The molecule has 1 amide bonds. The fourth-order valence-electron chi connectivity index (χ4n) is 2.54. The number of aryl methyl sites for hydroxylation is 1. The molecule has 2 aromatic heterocycles. The molecule has 0 bridgehead atoms. The average Bonchev–Trinajstić information content (AvgIpc) is 3.25. The van der Waals surface area contributed by atoms with Crippen LogP contribution in [0.1, 0.15) is 49.0 Å². The van der Waals surface area contributed by atoms with E-state index in [9.17, 15) is 4.79 Å². The summed E-state index contributed by atoms with van der Waals surface area (Å²) in [6, 6.07) is 0.205. The van der Waals surface area contributed by atoms with Crippen molar-refractivity contribution in [3.8, 4) is 10.7 Å². The molecule has 3 rings (SSSR count). The molecule has 0 aliphatic heterocycles. The normalized spacial score (nSPS) is 14.3. The Morgan fingerprint density at radius 2 is 2.04 bits per heavy atom. The van der Waals surface area contributed by atoms with Crippen molar-refractivity contribution in [2.75, 3.05) is 6.54 Å². The number of nitrogens with zero attached hydrogens (tertiary/aromatic N) is 4. The lowest BCUT2D eigenvalue weighted by molar-refractivity contribution is 0.0701. The van der Waals surface area contributed by atoms with Crippen molar-refractivity contribution in [2.45, 2.75) is 46.1 Å². The lowest BCUT2D eigenvalue weighted by atomic mass is 10.2. The van der Waals surface area contributed by atoms with E-state index in [4.69, 9.17) is 0 Å². The standard InChI is InChI=1S/C17H22N4OS/c1-4-13-15(19-8-7-18-13)16-20-9-14(23-16)17(22)21(11(2)3)10-12-5-6-12/h7-9,11-12H,4-6,10H2,1-3H3. The molecule has 23 heavy (non-hydrogen) atoms. The molecule has 2 aromatic rings. The largest absolute Gasteiger partial charge is 0.335 e. The van der Waals surface area contributed by atoms with Gasteiger partial charge in [0.15, 0.2) is 0 Å². The van der Waals surface area contributed by atoms with Gasteiger partial charge in [-0.3, -0.25) is 14.8 Å². The Morgan fingerprint density at radius 1 is 1.30 bits per heavy atom. The van der Waals surface area contributed by atoms with Crippen molar-refractivity contribution < 1.29 is 4.79 Å². The van der Waals surface area contributed by atoms with E-state index >= 15 is 0 Å². The van der Waals surface area contributed by atoms with E-state index in [0.717, 1.165) is 29.4 Å². The van der Waals surface area contributed by atoms with Gasteiger partial charge < -0.3 is 4.90 Å². The van der Waals surface area contributed by atoms with Crippen LogP contribution in [-0.4, -0.2) is 38.3 Å². The van der Waals surface area contributed by atoms with Crippen LogP contribution in [-0.2, 0) is 6.42 Å². The van der Waals surface area contributed by atoms with Gasteiger partial charge >= 0.3 is 0 Å². The SMILES string of the molecule is CCc1nccnc1-c1ncc(C(=O)N(CC2CC2)C(C)C)s1. The van der Waals surface area contributed by atoms with E-state index in [2.05, 4.69) is 28.8 Å². The van der Waals surface area contributed by atoms with Gasteiger partial charge in [-0.25, -0.2) is 4.98 Å². The second-order valence-electron chi connectivity index (χ2n) is 6.23. The Balaban J connectivity index is 1.84. The molecule has 0 saturated heterocycles. The number of amides is 1. The van der Waals surface area contributed by atoms with Crippen molar-refractivity contribution in [1.29, 1.82) is 0 Å². The number of thiazole rings is 1. The molecular formula is C17H22N4OS. The van der Waals surface area contributed by atoms with Gasteiger partial charge in [0, 0.05) is 25.0 Å². The molecule has 1 saturated carbocycles. The van der Waals surface area contributed by atoms with E-state index in [0.29, 0.717) is 10.8 Å². The summed E-state index contributed by atoms with van der Waals surface area (Å²) in [5.74, 6) is 0.762. The van der Waals surface area contributed by atoms with Crippen molar-refractivity contribution in [3.63, 3.8) is 0 Å². The quantitative estimate of drug-likeness (QED) is 0.814. The molecule has 0 radical (unpaired) electrons. The average molecular weight is 330 g/mol. The van der Waals surface area contributed by atoms with Crippen LogP contribution >= 0.6 is 11.3 Å². The predicted octanol–water partition coefficient (Wildman–Crippen LogP) is 3.42. The van der Waals surface area contributed by atoms with Gasteiger partial charge in [-0.15, -0.1) is 11.3 Å². The molecule has 1 aliphatic rings. The third-order valence-corrected chi connectivity index (χ3v) is 5.06. The monoisotopic (exact) mass is 330 g/mol. The van der Waals surface area contributed by atoms with Crippen LogP contribution in [0.15, 0.2) is 18.6 Å². The molecule has 0 spiro atoms. The second kappa shape index (κ2) is 6.74. The van der Waals surface area contributed by atoms with Gasteiger partial charge in [0.2, 0.25) is 0 Å². The first kappa shape index (κ1) is 16.1. The van der Waals surface area contributed by atoms with Crippen molar-refractivity contribution >= 4 is 17.2 Å². The van der Waals surface area contributed by atoms with Crippen LogP contribution in [0.25, 0.3) is 10.7 Å². The molecular weight excluding hydrogens is 308 g/mol. The third-order valence-electron chi connectivity index (χ3n) is 4.06. The zero-order valence-corrected chi connectivity index (χ0v) is 14.6. The summed E-state index contributed by atoms with van der Waals surface area (Å²) in [4.78, 5) is 28.6. The molecule has 1 fully saturated rings. The minimum absolute atomic E-state index is 0.0811. The van der Waals surface area contributed by atoms with Gasteiger partial charge in [-0.1, -0.05) is 6.92 Å². The first-order chi connectivity index (χ1) is 11.1. The number of rotatable bonds is 6. The first-order valence-corrected chi connectivity index (χ1v) is 8.98. The maximum Gasteiger partial charge on any atom is 0.265 e. The lowest BCUT2D eigenvalue weighted by Crippen LogP contribution is -2.38. The number of carbonyl (C=O) groups is 1. The summed E-state index contributed by atoms with van der Waals surface area (Å²) < 4.78 is 0. The van der Waals surface area contributed by atoms with Crippen LogP contribution in [0.5, 0.6) is 0 Å². The fourth-order valence-corrected chi connectivity index (χ4v) is 3.43. The Bertz CT molecular complexity index is 693. The van der Waals surface area contributed by atoms with E-state index in [1.54, 1.807) is 18.6 Å². The highest BCUT2D eigenvalue weighted by Crippen LogP contribution is 2.32. The minimum atomic E-state index is 0.0811. The van der Waals surface area contributed by atoms with E-state index < -0.39 is 0 Å². The number of aromatic nitrogens is 3. The topological polar surface area (TPSA) is 59.0 Å². The fraction of sp³-hybridized carbons (Fsp3) is 0.529. The van der Waals surface area contributed by atoms with Gasteiger partial charge in [-0.05, 0) is 39.0 Å². The Hall–Kier alpha value is -1.82. The van der Waals surface area contributed by atoms with E-state index in [-0.39, 0.29) is 11.9 Å². The van der Waals surface area contributed by atoms with Crippen molar-refractivity contribution in [1.82, 2.24) is 19.9 Å². The summed E-state index contributed by atoms with van der Waals surface area (Å²) in [5.41, 5.74) is 1.71. The number of carbonyl (C=O) groups excluding carboxylic acids is 1. The predicted molar refractivity (Wildman–Crippen MR) is 91.4 cm³/mol. The molecule has 1 aliphatic carbocycles. The maximum atomic E-state index is 12.8. The maximum absolute atomic E-state index is 12.8. The molecule has 0 N–H and O–H groups in total. The van der Waals surface area contributed by atoms with Crippen LogP contribution < -0.4 is 0 Å². The number of hydrogen-bond acceptors (Lipinski definition) is 5. The summed E-state index contributed by atoms with van der Waals surface area (Å²) in [7, 11) is 0. The van der Waals surface area contributed by atoms with E-state index in [1.165, 1.54) is 24.2 Å². The summed E-state index contributed by atoms with van der Waals surface area (Å²) in [5, 5.41) is 0.772. The smallest absolute Gasteiger partial charge is 0.265 e. The molecule has 0 aromatic carbocycles. The molecule has 6 heteroatoms. The van der Waals surface area contributed by atoms with Crippen molar-refractivity contribution in [2.24, 2.45) is 5.92 Å². The van der Waals surface area contributed by atoms with Gasteiger partial charge in [0.05, 0.1) is 11.9 Å². The van der Waals surface area contributed by atoms with Crippen LogP contribution in [0.4, 0.5) is 0 Å². The van der Waals surface area contributed by atoms with Crippen LogP contribution in [0, 0.1) is 5.92 Å². The zero-order valence-electron chi connectivity index (χ0n) is 13.8. The molecule has 122 valence electrons. The first-order valence-electron chi connectivity index (χ1n) is 8.17. The molecule has 5 nitrogen and oxygen atoms in total. The summed E-state index contributed by atoms with van der Waals surface area (Å²) >= 11 is 1.41. The Kier molecular flexibility index (Phi) is 4.71. The molecule has 2 heterocycles. The summed E-state index contributed by atoms with van der Waals surface area (Å²) in [6.07, 6.45) is 8.32. The molecule has 0 unspecified atom stereocenters. The minimum Gasteiger partial charge on any atom is -0.335 e. The highest BCUT2D eigenvalue weighted by atomic mass is 32.1.